The van der Waals surface area contributed by atoms with Crippen LogP contribution < -0.4 is 10.2 Å². The molecule has 1 fully saturated rings. The summed E-state index contributed by atoms with van der Waals surface area (Å²) in [5.74, 6) is -0.499. The Morgan fingerprint density at radius 2 is 1.97 bits per heavy atom. The lowest BCUT2D eigenvalue weighted by atomic mass is 9.92. The summed E-state index contributed by atoms with van der Waals surface area (Å²) in [6.07, 6.45) is -1.31. The highest BCUT2D eigenvalue weighted by atomic mass is 19.4. The lowest BCUT2D eigenvalue weighted by Gasteiger charge is -2.39. The third kappa shape index (κ3) is 5.44. The fourth-order valence-electron chi connectivity index (χ4n) is 4.26. The molecule has 1 atom stereocenters. The van der Waals surface area contributed by atoms with Crippen molar-refractivity contribution in [3.63, 3.8) is 0 Å². The second-order valence-corrected chi connectivity index (χ2v) is 8.39. The molecule has 0 saturated carbocycles. The van der Waals surface area contributed by atoms with E-state index in [1.54, 1.807) is 24.4 Å². The van der Waals surface area contributed by atoms with Gasteiger partial charge in [-0.1, -0.05) is 18.2 Å². The van der Waals surface area contributed by atoms with E-state index in [4.69, 9.17) is 0 Å². The number of hydrogen-bond acceptors (Lipinski definition) is 5. The van der Waals surface area contributed by atoms with Crippen molar-refractivity contribution in [1.29, 1.82) is 0 Å². The Labute approximate surface area is 189 Å². The maximum absolute atomic E-state index is 13.4. The van der Waals surface area contributed by atoms with Gasteiger partial charge in [-0.2, -0.15) is 13.2 Å². The largest absolute Gasteiger partial charge is 0.449 e. The van der Waals surface area contributed by atoms with Crippen LogP contribution in [0.5, 0.6) is 0 Å². The van der Waals surface area contributed by atoms with Gasteiger partial charge in [0.25, 0.3) is 0 Å². The van der Waals surface area contributed by atoms with Crippen LogP contribution in [0.15, 0.2) is 48.7 Å². The number of aromatic nitrogens is 3. The third-order valence-corrected chi connectivity index (χ3v) is 5.84. The molecule has 2 N–H and O–H groups in total. The van der Waals surface area contributed by atoms with E-state index in [2.05, 4.69) is 15.3 Å². The highest BCUT2D eigenvalue weighted by Gasteiger charge is 2.37. The summed E-state index contributed by atoms with van der Waals surface area (Å²) < 4.78 is 41.3. The number of aliphatic hydroxyl groups is 1. The van der Waals surface area contributed by atoms with Gasteiger partial charge in [-0.3, -0.25) is 4.79 Å². The molecule has 1 aromatic carbocycles. The standard InChI is InChI=1S/C23H26F3N5O2/c24-23(25,26)21-29-17-7-1-2-8-18(17)31(21)14-5-10-20(32)28-15-22(33)11-6-13-30(16-22)19-9-3-4-12-27-19/h1-4,7-9,12,33H,5-6,10-11,13-16H2,(H,28,32). The molecule has 3 heterocycles. The number of fused-ring (bicyclic) bond motifs is 1. The number of amides is 1. The number of carbonyl (C=O) groups is 1. The molecule has 1 aliphatic rings. The topological polar surface area (TPSA) is 83.3 Å². The molecule has 1 amide bonds. The maximum atomic E-state index is 13.4. The molecule has 3 aromatic rings. The molecule has 1 saturated heterocycles. The number of nitrogens with zero attached hydrogens (tertiary/aromatic N) is 4. The van der Waals surface area contributed by atoms with E-state index in [1.165, 1.54) is 6.07 Å². The summed E-state index contributed by atoms with van der Waals surface area (Å²) in [5.41, 5.74) is -0.433. The number of aryl methyl sites for hydroxylation is 1. The van der Waals surface area contributed by atoms with Crippen molar-refractivity contribution in [1.82, 2.24) is 19.9 Å². The molecule has 0 bridgehead atoms. The number of pyridine rings is 1. The number of nitrogens with one attached hydrogen (secondary N) is 1. The van der Waals surface area contributed by atoms with Crippen molar-refractivity contribution in [2.75, 3.05) is 24.5 Å². The Hall–Kier alpha value is -3.14. The van der Waals surface area contributed by atoms with Crippen LogP contribution in [0.4, 0.5) is 19.0 Å². The van der Waals surface area contributed by atoms with Crippen LogP contribution in [0.2, 0.25) is 0 Å². The van der Waals surface area contributed by atoms with Gasteiger partial charge in [-0.05, 0) is 43.5 Å². The predicted octanol–water partition coefficient (Wildman–Crippen LogP) is 3.38. The highest BCUT2D eigenvalue weighted by Crippen LogP contribution is 2.31. The van der Waals surface area contributed by atoms with Gasteiger partial charge in [0.2, 0.25) is 11.7 Å². The van der Waals surface area contributed by atoms with Gasteiger partial charge < -0.3 is 19.9 Å². The van der Waals surface area contributed by atoms with Crippen molar-refractivity contribution in [2.45, 2.75) is 44.0 Å². The zero-order valence-corrected chi connectivity index (χ0v) is 18.1. The van der Waals surface area contributed by atoms with Crippen LogP contribution in [-0.4, -0.2) is 50.8 Å². The molecular formula is C23H26F3N5O2. The van der Waals surface area contributed by atoms with E-state index in [0.717, 1.165) is 23.4 Å². The van der Waals surface area contributed by atoms with Crippen molar-refractivity contribution in [3.05, 3.63) is 54.5 Å². The van der Waals surface area contributed by atoms with Crippen molar-refractivity contribution in [2.24, 2.45) is 0 Å². The zero-order valence-electron chi connectivity index (χ0n) is 18.1. The smallest absolute Gasteiger partial charge is 0.386 e. The van der Waals surface area contributed by atoms with Crippen molar-refractivity contribution >= 4 is 22.8 Å². The SMILES string of the molecule is O=C(CCCn1c(C(F)(F)F)nc2ccccc21)NCC1(O)CCCN(c2ccccn2)C1. The van der Waals surface area contributed by atoms with Crippen LogP contribution in [0.3, 0.4) is 0 Å². The van der Waals surface area contributed by atoms with E-state index >= 15 is 0 Å². The van der Waals surface area contributed by atoms with Crippen molar-refractivity contribution in [3.8, 4) is 0 Å². The number of benzene rings is 1. The third-order valence-electron chi connectivity index (χ3n) is 5.84. The van der Waals surface area contributed by atoms with E-state index in [9.17, 15) is 23.1 Å². The number of anilines is 1. The fourth-order valence-corrected chi connectivity index (χ4v) is 4.26. The average Bonchev–Trinajstić information content (AvgIpc) is 3.18. The molecule has 0 aliphatic carbocycles. The van der Waals surface area contributed by atoms with Gasteiger partial charge >= 0.3 is 6.18 Å². The molecule has 176 valence electrons. The quantitative estimate of drug-likeness (QED) is 0.564. The van der Waals surface area contributed by atoms with E-state index < -0.39 is 17.6 Å². The molecule has 0 spiro atoms. The normalized spacial score (nSPS) is 19.1. The van der Waals surface area contributed by atoms with Gasteiger partial charge in [0, 0.05) is 38.8 Å². The molecule has 10 heteroatoms. The molecule has 4 rings (SSSR count). The van der Waals surface area contributed by atoms with E-state index in [-0.39, 0.29) is 37.4 Å². The molecule has 33 heavy (non-hydrogen) atoms. The molecule has 7 nitrogen and oxygen atoms in total. The first-order valence-corrected chi connectivity index (χ1v) is 10.9. The Balaban J connectivity index is 1.31. The molecule has 1 unspecified atom stereocenters. The maximum Gasteiger partial charge on any atom is 0.449 e. The minimum absolute atomic E-state index is 0.0144. The Bertz CT molecular complexity index is 1100. The summed E-state index contributed by atoms with van der Waals surface area (Å²) in [5, 5.41) is 13.7. The predicted molar refractivity (Wildman–Crippen MR) is 118 cm³/mol. The molecule has 1 aliphatic heterocycles. The highest BCUT2D eigenvalue weighted by molar-refractivity contribution is 5.77. The van der Waals surface area contributed by atoms with Crippen LogP contribution in [0, 0.1) is 0 Å². The van der Waals surface area contributed by atoms with Crippen molar-refractivity contribution < 1.29 is 23.1 Å². The van der Waals surface area contributed by atoms with Crippen LogP contribution in [-0.2, 0) is 17.5 Å². The number of imidazole rings is 1. The van der Waals surface area contributed by atoms with Gasteiger partial charge in [-0.25, -0.2) is 9.97 Å². The van der Waals surface area contributed by atoms with Gasteiger partial charge in [0.05, 0.1) is 16.6 Å². The summed E-state index contributed by atoms with van der Waals surface area (Å²) >= 11 is 0. The number of carbonyl (C=O) groups excluding carboxylic acids is 1. The first-order valence-electron chi connectivity index (χ1n) is 10.9. The molecule has 0 radical (unpaired) electrons. The van der Waals surface area contributed by atoms with Gasteiger partial charge in [0.1, 0.15) is 5.82 Å². The summed E-state index contributed by atoms with van der Waals surface area (Å²) in [6.45, 7) is 1.21. The van der Waals surface area contributed by atoms with Crippen LogP contribution in [0.25, 0.3) is 11.0 Å². The molecular weight excluding hydrogens is 435 g/mol. The van der Waals surface area contributed by atoms with E-state index in [0.29, 0.717) is 18.5 Å². The Kier molecular flexibility index (Phi) is 6.55. The lowest BCUT2D eigenvalue weighted by molar-refractivity contribution is -0.146. The van der Waals surface area contributed by atoms with Gasteiger partial charge in [0.15, 0.2) is 0 Å². The second kappa shape index (κ2) is 9.38. The number of hydrogen-bond donors (Lipinski definition) is 2. The first kappa shape index (κ1) is 23.0. The Morgan fingerprint density at radius 3 is 2.73 bits per heavy atom. The number of piperidine rings is 1. The molecule has 2 aromatic heterocycles. The summed E-state index contributed by atoms with van der Waals surface area (Å²) in [6, 6.07) is 12.0. The fraction of sp³-hybridized carbons (Fsp3) is 0.435. The summed E-state index contributed by atoms with van der Waals surface area (Å²) in [4.78, 5) is 22.4. The first-order chi connectivity index (χ1) is 15.8. The summed E-state index contributed by atoms with van der Waals surface area (Å²) in [7, 11) is 0. The minimum Gasteiger partial charge on any atom is -0.386 e. The van der Waals surface area contributed by atoms with Crippen LogP contribution in [0.1, 0.15) is 31.5 Å². The Morgan fingerprint density at radius 1 is 1.18 bits per heavy atom. The number of rotatable bonds is 7. The average molecular weight is 461 g/mol. The number of alkyl halides is 3. The monoisotopic (exact) mass is 461 g/mol. The number of halogens is 3. The van der Waals surface area contributed by atoms with E-state index in [1.807, 2.05) is 23.1 Å². The van der Waals surface area contributed by atoms with Crippen LogP contribution >= 0.6 is 0 Å². The van der Waals surface area contributed by atoms with Gasteiger partial charge in [-0.15, -0.1) is 0 Å². The second-order valence-electron chi connectivity index (χ2n) is 8.39. The zero-order chi connectivity index (χ0) is 23.5. The minimum atomic E-state index is -4.58. The number of para-hydroxylation sites is 2. The lowest BCUT2D eigenvalue weighted by Crippen LogP contribution is -2.54. The number of β-amino-alcohol motifs (C(OH)–C–C–N with tert-alkyl or cyclic N) is 1.